The summed E-state index contributed by atoms with van der Waals surface area (Å²) >= 11 is 0. The summed E-state index contributed by atoms with van der Waals surface area (Å²) in [7, 11) is 0. The topological polar surface area (TPSA) is 40.7 Å². The Morgan fingerprint density at radius 3 is 2.44 bits per heavy atom. The first-order chi connectivity index (χ1) is 8.63. The number of nitrogens with one attached hydrogen (secondary N) is 2. The summed E-state index contributed by atoms with van der Waals surface area (Å²) in [6, 6.07) is 4.44. The van der Waals surface area contributed by atoms with Gasteiger partial charge in [0, 0.05) is 17.7 Å². The average molecular weight is 243 g/mol. The molecule has 0 radical (unpaired) electrons. The number of hydrogen-bond acceptors (Lipinski definition) is 2. The maximum Gasteiger partial charge on any atom is 0.0700 e. The van der Waals surface area contributed by atoms with Crippen molar-refractivity contribution in [2.75, 3.05) is 6.54 Å². The van der Waals surface area contributed by atoms with E-state index in [1.165, 1.54) is 27.8 Å². The van der Waals surface area contributed by atoms with E-state index >= 15 is 0 Å². The predicted octanol–water partition coefficient (Wildman–Crippen LogP) is 3.11. The average Bonchev–Trinajstić information content (AvgIpc) is 2.73. The van der Waals surface area contributed by atoms with E-state index in [9.17, 15) is 0 Å². The van der Waals surface area contributed by atoms with E-state index in [1.54, 1.807) is 0 Å². The first-order valence-corrected chi connectivity index (χ1v) is 6.44. The van der Waals surface area contributed by atoms with E-state index in [-0.39, 0.29) is 0 Å². The molecule has 1 aromatic heterocycles. The van der Waals surface area contributed by atoms with E-state index in [4.69, 9.17) is 0 Å². The van der Waals surface area contributed by atoms with Gasteiger partial charge in [-0.15, -0.1) is 0 Å². The number of H-pyrrole nitrogens is 1. The minimum Gasteiger partial charge on any atom is -0.313 e. The Balaban J connectivity index is 2.46. The van der Waals surface area contributed by atoms with Gasteiger partial charge in [-0.25, -0.2) is 0 Å². The Morgan fingerprint density at radius 1 is 1.17 bits per heavy atom. The molecule has 1 heterocycles. The molecule has 0 fully saturated rings. The quantitative estimate of drug-likeness (QED) is 0.866. The van der Waals surface area contributed by atoms with E-state index in [0.717, 1.165) is 18.8 Å². The largest absolute Gasteiger partial charge is 0.313 e. The van der Waals surface area contributed by atoms with Crippen LogP contribution in [0.2, 0.25) is 0 Å². The molecule has 3 nitrogen and oxygen atoms in total. The van der Waals surface area contributed by atoms with Crippen LogP contribution in [0.4, 0.5) is 0 Å². The summed E-state index contributed by atoms with van der Waals surface area (Å²) in [5, 5.41) is 10.7. The van der Waals surface area contributed by atoms with Crippen molar-refractivity contribution < 1.29 is 0 Å². The number of hydrogen-bond donors (Lipinski definition) is 2. The van der Waals surface area contributed by atoms with Crippen LogP contribution in [0.25, 0.3) is 11.3 Å². The van der Waals surface area contributed by atoms with Crippen molar-refractivity contribution in [1.82, 2.24) is 15.5 Å². The molecule has 0 aliphatic rings. The Labute approximate surface area is 109 Å². The van der Waals surface area contributed by atoms with Crippen molar-refractivity contribution in [3.05, 3.63) is 40.6 Å². The van der Waals surface area contributed by atoms with Crippen LogP contribution in [0.5, 0.6) is 0 Å². The number of nitrogens with zero attached hydrogens (tertiary/aromatic N) is 1. The lowest BCUT2D eigenvalue weighted by atomic mass is 9.95. The normalized spacial score (nSPS) is 10.9. The Bertz CT molecular complexity index is 517. The van der Waals surface area contributed by atoms with Crippen molar-refractivity contribution in [1.29, 1.82) is 0 Å². The molecule has 0 unspecified atom stereocenters. The SMILES string of the molecule is CCNCc1cn[nH]c1-c1c(C)cc(C)cc1C. The van der Waals surface area contributed by atoms with Gasteiger partial charge in [0.1, 0.15) is 0 Å². The minimum absolute atomic E-state index is 0.856. The van der Waals surface area contributed by atoms with Gasteiger partial charge in [0.05, 0.1) is 11.9 Å². The standard InChI is InChI=1S/C15H21N3/c1-5-16-8-13-9-17-18-15(13)14-11(3)6-10(2)7-12(14)4/h6-7,9,16H,5,8H2,1-4H3,(H,17,18). The first-order valence-electron chi connectivity index (χ1n) is 6.44. The molecular formula is C15H21N3. The predicted molar refractivity (Wildman–Crippen MR) is 75.6 cm³/mol. The summed E-state index contributed by atoms with van der Waals surface area (Å²) in [4.78, 5) is 0. The molecule has 2 N–H and O–H groups in total. The van der Waals surface area contributed by atoms with Gasteiger partial charge in [0.2, 0.25) is 0 Å². The van der Waals surface area contributed by atoms with E-state index in [2.05, 4.69) is 55.3 Å². The fraction of sp³-hybridized carbons (Fsp3) is 0.400. The third-order valence-corrected chi connectivity index (χ3v) is 3.21. The van der Waals surface area contributed by atoms with E-state index in [1.807, 2.05) is 6.20 Å². The van der Waals surface area contributed by atoms with Crippen LogP contribution in [-0.2, 0) is 6.54 Å². The van der Waals surface area contributed by atoms with Crippen molar-refractivity contribution in [3.8, 4) is 11.3 Å². The summed E-state index contributed by atoms with van der Waals surface area (Å²) < 4.78 is 0. The Hall–Kier alpha value is -1.61. The maximum absolute atomic E-state index is 4.19. The van der Waals surface area contributed by atoms with Crippen LogP contribution < -0.4 is 5.32 Å². The van der Waals surface area contributed by atoms with Crippen molar-refractivity contribution in [3.63, 3.8) is 0 Å². The molecule has 1 aromatic carbocycles. The van der Waals surface area contributed by atoms with Gasteiger partial charge in [0.15, 0.2) is 0 Å². The lowest BCUT2D eigenvalue weighted by Crippen LogP contribution is -2.12. The van der Waals surface area contributed by atoms with Gasteiger partial charge in [0.25, 0.3) is 0 Å². The molecule has 0 aliphatic heterocycles. The van der Waals surface area contributed by atoms with Gasteiger partial charge in [-0.05, 0) is 38.4 Å². The Morgan fingerprint density at radius 2 is 1.83 bits per heavy atom. The third kappa shape index (κ3) is 2.46. The monoisotopic (exact) mass is 243 g/mol. The van der Waals surface area contributed by atoms with Crippen LogP contribution in [0, 0.1) is 20.8 Å². The second-order valence-electron chi connectivity index (χ2n) is 4.82. The fourth-order valence-corrected chi connectivity index (χ4v) is 2.50. The molecule has 18 heavy (non-hydrogen) atoms. The molecule has 0 saturated heterocycles. The van der Waals surface area contributed by atoms with Gasteiger partial charge in [-0.1, -0.05) is 24.6 Å². The maximum atomic E-state index is 4.19. The molecule has 0 spiro atoms. The molecule has 0 aliphatic carbocycles. The van der Waals surface area contributed by atoms with Gasteiger partial charge in [-0.2, -0.15) is 5.10 Å². The van der Waals surface area contributed by atoms with Gasteiger partial charge in [-0.3, -0.25) is 5.10 Å². The van der Waals surface area contributed by atoms with E-state index in [0.29, 0.717) is 0 Å². The molecule has 2 rings (SSSR count). The number of benzene rings is 1. The number of aromatic amines is 1. The summed E-state index contributed by atoms with van der Waals surface area (Å²) in [5.41, 5.74) is 7.56. The third-order valence-electron chi connectivity index (χ3n) is 3.21. The van der Waals surface area contributed by atoms with Gasteiger partial charge < -0.3 is 5.32 Å². The second kappa shape index (κ2) is 5.36. The van der Waals surface area contributed by atoms with Crippen molar-refractivity contribution in [2.45, 2.75) is 34.2 Å². The molecule has 0 saturated carbocycles. The molecular weight excluding hydrogens is 222 g/mol. The zero-order chi connectivity index (χ0) is 13.1. The smallest absolute Gasteiger partial charge is 0.0700 e. The highest BCUT2D eigenvalue weighted by Crippen LogP contribution is 2.29. The van der Waals surface area contributed by atoms with Crippen LogP contribution >= 0.6 is 0 Å². The minimum atomic E-state index is 0.856. The fourth-order valence-electron chi connectivity index (χ4n) is 2.50. The molecule has 0 amide bonds. The van der Waals surface area contributed by atoms with Crippen LogP contribution in [0.15, 0.2) is 18.3 Å². The highest BCUT2D eigenvalue weighted by atomic mass is 15.1. The lowest BCUT2D eigenvalue weighted by molar-refractivity contribution is 0.728. The van der Waals surface area contributed by atoms with Crippen LogP contribution in [0.3, 0.4) is 0 Å². The highest BCUT2D eigenvalue weighted by molar-refractivity contribution is 5.70. The molecule has 2 aromatic rings. The summed E-state index contributed by atoms with van der Waals surface area (Å²) in [6.07, 6.45) is 1.91. The molecule has 0 atom stereocenters. The summed E-state index contributed by atoms with van der Waals surface area (Å²) in [6.45, 7) is 10.4. The molecule has 96 valence electrons. The van der Waals surface area contributed by atoms with E-state index < -0.39 is 0 Å². The van der Waals surface area contributed by atoms with Crippen LogP contribution in [-0.4, -0.2) is 16.7 Å². The van der Waals surface area contributed by atoms with Crippen molar-refractivity contribution in [2.24, 2.45) is 0 Å². The summed E-state index contributed by atoms with van der Waals surface area (Å²) in [5.74, 6) is 0. The first kappa shape index (κ1) is 12.8. The molecule has 0 bridgehead atoms. The Kier molecular flexibility index (Phi) is 3.82. The number of rotatable bonds is 4. The molecule has 3 heteroatoms. The number of aryl methyl sites for hydroxylation is 3. The van der Waals surface area contributed by atoms with Crippen molar-refractivity contribution >= 4 is 0 Å². The zero-order valence-electron chi connectivity index (χ0n) is 11.6. The second-order valence-corrected chi connectivity index (χ2v) is 4.82. The lowest BCUT2D eigenvalue weighted by Gasteiger charge is -2.12. The van der Waals surface area contributed by atoms with Crippen LogP contribution in [0.1, 0.15) is 29.2 Å². The van der Waals surface area contributed by atoms with Gasteiger partial charge >= 0.3 is 0 Å². The number of aromatic nitrogens is 2. The zero-order valence-corrected chi connectivity index (χ0v) is 11.6. The highest BCUT2D eigenvalue weighted by Gasteiger charge is 2.12.